The maximum Gasteiger partial charge on any atom is 0.227 e. The number of ether oxygens (including phenoxy) is 4. The standard InChI is InChI=1S/C33H46N10O4/c1-3-44-14-15-46-32(36)30(21-39-28-6-8-29(9-7-28)43-10-12-45-13-11-43)42-33-40-19-27(20-41-33)25-4-5-26(17-34)31(16-25)47-24(2)18-37-23-38-22-35/h4-5,16,19-24,28-29H,3,6-15,18,36H2,1-2H3,(H2,35,37,38)(H,40,41,42)/t24-,28?,29?/m0/s1. The van der Waals surface area contributed by atoms with Gasteiger partial charge in [0.05, 0.1) is 50.5 Å². The molecule has 2 fully saturated rings. The van der Waals surface area contributed by atoms with Crippen LogP contribution >= 0.6 is 0 Å². The van der Waals surface area contributed by atoms with Gasteiger partial charge in [-0.3, -0.25) is 14.9 Å². The van der Waals surface area contributed by atoms with Crippen molar-refractivity contribution in [1.29, 1.82) is 5.26 Å². The molecule has 1 aliphatic carbocycles. The molecule has 4 rings (SSSR count). The first kappa shape index (κ1) is 35.3. The van der Waals surface area contributed by atoms with Gasteiger partial charge in [-0.2, -0.15) is 5.26 Å². The third kappa shape index (κ3) is 11.3. The molecule has 1 saturated heterocycles. The molecule has 1 aromatic heterocycles. The van der Waals surface area contributed by atoms with Crippen molar-refractivity contribution in [3.8, 4) is 22.9 Å². The van der Waals surface area contributed by atoms with Gasteiger partial charge in [0, 0.05) is 43.7 Å². The fraction of sp³-hybridized carbons (Fsp3) is 0.515. The fourth-order valence-corrected chi connectivity index (χ4v) is 5.37. The Morgan fingerprint density at radius 3 is 2.64 bits per heavy atom. The van der Waals surface area contributed by atoms with E-state index < -0.39 is 0 Å². The van der Waals surface area contributed by atoms with Crippen molar-refractivity contribution in [3.05, 3.63) is 47.7 Å². The van der Waals surface area contributed by atoms with Gasteiger partial charge in [0.25, 0.3) is 0 Å². The van der Waals surface area contributed by atoms with Crippen LogP contribution in [0.3, 0.4) is 0 Å². The number of aliphatic imine (C=N–C) groups is 3. The summed E-state index contributed by atoms with van der Waals surface area (Å²) in [5.74, 6) is 0.958. The molecule has 47 heavy (non-hydrogen) atoms. The van der Waals surface area contributed by atoms with Gasteiger partial charge in [0.2, 0.25) is 11.8 Å². The van der Waals surface area contributed by atoms with Crippen LogP contribution in [0.5, 0.6) is 5.75 Å². The molecule has 1 saturated carbocycles. The van der Waals surface area contributed by atoms with Crippen LogP contribution in [0.2, 0.25) is 0 Å². The number of rotatable bonds is 16. The van der Waals surface area contributed by atoms with Crippen LogP contribution in [0.1, 0.15) is 45.1 Å². The molecule has 2 aliphatic rings. The summed E-state index contributed by atoms with van der Waals surface area (Å²) in [6.07, 6.45) is 11.6. The lowest BCUT2D eigenvalue weighted by Gasteiger charge is -2.38. The van der Waals surface area contributed by atoms with E-state index in [1.807, 2.05) is 19.9 Å². The number of nitrogens with two attached hydrogens (primary N) is 2. The summed E-state index contributed by atoms with van der Waals surface area (Å²) < 4.78 is 22.7. The van der Waals surface area contributed by atoms with Gasteiger partial charge < -0.3 is 35.7 Å². The first-order valence-corrected chi connectivity index (χ1v) is 16.1. The average molecular weight is 647 g/mol. The third-order valence-corrected chi connectivity index (χ3v) is 7.86. The molecule has 0 amide bonds. The molecular weight excluding hydrogens is 600 g/mol. The molecule has 0 bridgehead atoms. The Hall–Kier alpha value is -4.58. The van der Waals surface area contributed by atoms with E-state index in [9.17, 15) is 5.26 Å². The molecule has 2 heterocycles. The Labute approximate surface area is 276 Å². The van der Waals surface area contributed by atoms with Crippen LogP contribution in [0.25, 0.3) is 11.1 Å². The second-order valence-corrected chi connectivity index (χ2v) is 11.2. The van der Waals surface area contributed by atoms with Crippen molar-refractivity contribution in [3.63, 3.8) is 0 Å². The fourth-order valence-electron chi connectivity index (χ4n) is 5.37. The molecule has 252 valence electrons. The van der Waals surface area contributed by atoms with Gasteiger partial charge in [-0.25, -0.2) is 15.0 Å². The van der Waals surface area contributed by atoms with E-state index in [1.54, 1.807) is 30.7 Å². The van der Waals surface area contributed by atoms with Crippen LogP contribution in [0.15, 0.2) is 57.2 Å². The average Bonchev–Trinajstić information content (AvgIpc) is 3.11. The first-order chi connectivity index (χ1) is 23.0. The predicted molar refractivity (Wildman–Crippen MR) is 183 cm³/mol. The van der Waals surface area contributed by atoms with Gasteiger partial charge in [-0.1, -0.05) is 6.07 Å². The number of nitrogens with one attached hydrogen (secondary N) is 1. The maximum absolute atomic E-state index is 9.60. The molecule has 0 spiro atoms. The van der Waals surface area contributed by atoms with E-state index in [0.717, 1.165) is 69.5 Å². The summed E-state index contributed by atoms with van der Waals surface area (Å²) in [6, 6.07) is 8.28. The number of nitriles is 1. The summed E-state index contributed by atoms with van der Waals surface area (Å²) in [7, 11) is 0. The molecule has 14 heteroatoms. The summed E-state index contributed by atoms with van der Waals surface area (Å²) in [4.78, 5) is 24.3. The molecule has 1 aromatic carbocycles. The zero-order valence-electron chi connectivity index (χ0n) is 27.3. The molecule has 0 radical (unpaired) electrons. The summed E-state index contributed by atoms with van der Waals surface area (Å²) in [6.45, 7) is 9.09. The van der Waals surface area contributed by atoms with Crippen LogP contribution in [0.4, 0.5) is 5.95 Å². The number of aromatic nitrogens is 2. The number of nitrogens with zero attached hydrogens (tertiary/aromatic N) is 7. The molecule has 2 aromatic rings. The summed E-state index contributed by atoms with van der Waals surface area (Å²) >= 11 is 0. The highest BCUT2D eigenvalue weighted by molar-refractivity contribution is 5.83. The molecule has 14 nitrogen and oxygen atoms in total. The van der Waals surface area contributed by atoms with Crippen LogP contribution in [0, 0.1) is 11.3 Å². The largest absolute Gasteiger partial charge is 0.487 e. The lowest BCUT2D eigenvalue weighted by molar-refractivity contribution is 0.00755. The van der Waals surface area contributed by atoms with E-state index in [0.29, 0.717) is 55.4 Å². The van der Waals surface area contributed by atoms with Crippen molar-refractivity contribution in [1.82, 2.24) is 14.9 Å². The number of benzene rings is 1. The minimum Gasteiger partial charge on any atom is -0.487 e. The highest BCUT2D eigenvalue weighted by atomic mass is 16.5. The first-order valence-electron chi connectivity index (χ1n) is 16.1. The minimum absolute atomic E-state index is 0.185. The Bertz CT molecular complexity index is 1410. The van der Waals surface area contributed by atoms with Crippen molar-refractivity contribution in [2.45, 2.75) is 57.7 Å². The minimum atomic E-state index is -0.294. The lowest BCUT2D eigenvalue weighted by Crippen LogP contribution is -2.45. The summed E-state index contributed by atoms with van der Waals surface area (Å²) in [5.41, 5.74) is 14.0. The second kappa shape index (κ2) is 19.2. The highest BCUT2D eigenvalue weighted by Gasteiger charge is 2.26. The third-order valence-electron chi connectivity index (χ3n) is 7.86. The van der Waals surface area contributed by atoms with Crippen LogP contribution < -0.4 is 21.5 Å². The molecule has 0 unspecified atom stereocenters. The SMILES string of the molecule is CCOCCOC(N)=C(C=NC1CCC(N2CCOCC2)CC1)Nc1ncc(-c2ccc(C#N)c(O[C@@H](C)CN=CN=CN)c2)cn1. The van der Waals surface area contributed by atoms with Gasteiger partial charge >= 0.3 is 0 Å². The normalized spacial score (nSPS) is 20.3. The topological polar surface area (TPSA) is 191 Å². The highest BCUT2D eigenvalue weighted by Crippen LogP contribution is 2.28. The monoisotopic (exact) mass is 646 g/mol. The smallest absolute Gasteiger partial charge is 0.227 e. The van der Waals surface area contributed by atoms with E-state index in [4.69, 9.17) is 35.4 Å². The molecular formula is C33H46N10O4. The van der Waals surface area contributed by atoms with Gasteiger partial charge in [0.1, 0.15) is 36.6 Å². The Morgan fingerprint density at radius 1 is 1.17 bits per heavy atom. The zero-order valence-corrected chi connectivity index (χ0v) is 27.3. The molecule has 1 aliphatic heterocycles. The van der Waals surface area contributed by atoms with E-state index in [1.165, 1.54) is 6.34 Å². The van der Waals surface area contributed by atoms with Crippen LogP contribution in [-0.4, -0.2) is 105 Å². The zero-order chi connectivity index (χ0) is 33.3. The number of anilines is 1. The van der Waals surface area contributed by atoms with Gasteiger partial charge in [0.15, 0.2) is 0 Å². The Morgan fingerprint density at radius 2 is 1.94 bits per heavy atom. The number of hydrogen-bond acceptors (Lipinski definition) is 12. The van der Waals surface area contributed by atoms with E-state index in [2.05, 4.69) is 36.2 Å². The second-order valence-electron chi connectivity index (χ2n) is 11.2. The predicted octanol–water partition coefficient (Wildman–Crippen LogP) is 3.10. The van der Waals surface area contributed by atoms with Crippen LogP contribution in [-0.2, 0) is 14.2 Å². The van der Waals surface area contributed by atoms with Crippen molar-refractivity contribution in [2.75, 3.05) is 58.0 Å². The van der Waals surface area contributed by atoms with E-state index >= 15 is 0 Å². The number of hydrogen-bond donors (Lipinski definition) is 3. The molecule has 1 atom stereocenters. The summed E-state index contributed by atoms with van der Waals surface area (Å²) in [5, 5.41) is 12.8. The number of morpholine rings is 1. The van der Waals surface area contributed by atoms with Gasteiger partial charge in [-0.05, 0) is 57.2 Å². The molecule has 5 N–H and O–H groups in total. The van der Waals surface area contributed by atoms with Crippen molar-refractivity contribution in [2.24, 2.45) is 26.4 Å². The Kier molecular flexibility index (Phi) is 14.4. The number of allylic oxidation sites excluding steroid dienone is 1. The Balaban J connectivity index is 1.43. The van der Waals surface area contributed by atoms with Crippen molar-refractivity contribution < 1.29 is 18.9 Å². The van der Waals surface area contributed by atoms with Crippen molar-refractivity contribution >= 4 is 24.8 Å². The maximum atomic E-state index is 9.60. The quantitative estimate of drug-likeness (QED) is 0.105. The van der Waals surface area contributed by atoms with Gasteiger partial charge in [-0.15, -0.1) is 0 Å². The van der Waals surface area contributed by atoms with E-state index in [-0.39, 0.29) is 18.0 Å². The lowest BCUT2D eigenvalue weighted by atomic mass is 9.90.